The normalized spacial score (nSPS) is 33.7. The molecule has 2 atom stereocenters. The van der Waals surface area contributed by atoms with E-state index < -0.39 is 0 Å². The lowest BCUT2D eigenvalue weighted by Gasteiger charge is -2.30. The Morgan fingerprint density at radius 2 is 2.50 bits per heavy atom. The molecule has 4 heteroatoms. The van der Waals surface area contributed by atoms with E-state index in [1.54, 1.807) is 18.2 Å². The third-order valence-corrected chi connectivity index (χ3v) is 1.90. The highest BCUT2D eigenvalue weighted by molar-refractivity contribution is 5.78. The van der Waals surface area contributed by atoms with Crippen LogP contribution in [0.3, 0.4) is 0 Å². The van der Waals surface area contributed by atoms with E-state index >= 15 is 0 Å². The molecule has 0 bridgehead atoms. The first-order valence-corrected chi connectivity index (χ1v) is 3.76. The fourth-order valence-electron chi connectivity index (χ4n) is 1.33. The maximum absolute atomic E-state index is 10.9. The average molecular weight is 167 g/mol. The quantitative estimate of drug-likeness (QED) is 0.529. The Hall–Kier alpha value is -1.29. The van der Waals surface area contributed by atoms with Crippen LogP contribution in [0.25, 0.3) is 0 Å². The van der Waals surface area contributed by atoms with E-state index in [9.17, 15) is 4.79 Å². The summed E-state index contributed by atoms with van der Waals surface area (Å²) >= 11 is 0. The second kappa shape index (κ2) is 2.64. The molecule has 0 spiro atoms. The Morgan fingerprint density at radius 3 is 3.33 bits per heavy atom. The maximum atomic E-state index is 10.9. The van der Waals surface area contributed by atoms with Gasteiger partial charge < -0.3 is 15.2 Å². The Morgan fingerprint density at radius 1 is 1.67 bits per heavy atom. The maximum Gasteiger partial charge on any atom is 0.246 e. The van der Waals surface area contributed by atoms with E-state index in [-0.39, 0.29) is 30.4 Å². The molecule has 1 saturated heterocycles. The number of allylic oxidation sites excluding steroid dienone is 1. The molecule has 1 fully saturated rings. The molecule has 0 aromatic carbocycles. The standard InChI is InChI=1S/C8H9NO3/c10-5-1-2-7-6(3-5)9-8(11)4-12-7/h1-3,6-7,10H,4H2,(H,9,11). The molecule has 0 aromatic heterocycles. The van der Waals surface area contributed by atoms with E-state index in [2.05, 4.69) is 5.32 Å². The number of morpholine rings is 1. The van der Waals surface area contributed by atoms with Gasteiger partial charge in [0.2, 0.25) is 5.91 Å². The number of amides is 1. The first-order chi connectivity index (χ1) is 5.75. The molecule has 64 valence electrons. The van der Waals surface area contributed by atoms with Gasteiger partial charge in [0.1, 0.15) is 18.5 Å². The highest BCUT2D eigenvalue weighted by Gasteiger charge is 2.28. The van der Waals surface area contributed by atoms with Gasteiger partial charge in [0.25, 0.3) is 0 Å². The van der Waals surface area contributed by atoms with E-state index in [0.29, 0.717) is 0 Å². The molecule has 2 rings (SSSR count). The van der Waals surface area contributed by atoms with E-state index in [1.165, 1.54) is 0 Å². The molecule has 1 aliphatic heterocycles. The Balaban J connectivity index is 2.16. The van der Waals surface area contributed by atoms with Gasteiger partial charge in [0.15, 0.2) is 0 Å². The largest absolute Gasteiger partial charge is 0.508 e. The highest BCUT2D eigenvalue weighted by Crippen LogP contribution is 2.15. The van der Waals surface area contributed by atoms with Crippen molar-refractivity contribution in [1.29, 1.82) is 0 Å². The summed E-state index contributed by atoms with van der Waals surface area (Å²) in [6, 6.07) is -0.212. The lowest BCUT2D eigenvalue weighted by Crippen LogP contribution is -2.50. The van der Waals surface area contributed by atoms with E-state index in [4.69, 9.17) is 9.84 Å². The van der Waals surface area contributed by atoms with Gasteiger partial charge in [-0.15, -0.1) is 0 Å². The summed E-state index contributed by atoms with van der Waals surface area (Å²) < 4.78 is 5.19. The SMILES string of the molecule is O=C1COC2C=CC(O)=CC2N1. The molecular weight excluding hydrogens is 158 g/mol. The molecule has 0 radical (unpaired) electrons. The summed E-state index contributed by atoms with van der Waals surface area (Å²) in [6.45, 7) is 0.0973. The second-order valence-corrected chi connectivity index (χ2v) is 2.82. The molecule has 12 heavy (non-hydrogen) atoms. The predicted molar refractivity (Wildman–Crippen MR) is 41.5 cm³/mol. The number of ether oxygens (including phenoxy) is 1. The van der Waals surface area contributed by atoms with Crippen LogP contribution in [-0.2, 0) is 9.53 Å². The lowest BCUT2D eigenvalue weighted by atomic mass is 10.0. The zero-order valence-corrected chi connectivity index (χ0v) is 6.36. The van der Waals surface area contributed by atoms with Crippen molar-refractivity contribution >= 4 is 5.91 Å². The minimum Gasteiger partial charge on any atom is -0.508 e. The number of aliphatic hydroxyl groups excluding tert-OH is 1. The zero-order chi connectivity index (χ0) is 8.55. The Kier molecular flexibility index (Phi) is 1.62. The predicted octanol–water partition coefficient (Wildman–Crippen LogP) is -0.118. The van der Waals surface area contributed by atoms with Crippen molar-refractivity contribution in [2.24, 2.45) is 0 Å². The van der Waals surface area contributed by atoms with Crippen LogP contribution < -0.4 is 5.32 Å². The number of rotatable bonds is 0. The molecule has 1 heterocycles. The number of carbonyl (C=O) groups is 1. The minimum atomic E-state index is -0.212. The molecule has 4 nitrogen and oxygen atoms in total. The van der Waals surface area contributed by atoms with Crippen LogP contribution in [0.1, 0.15) is 0 Å². The third-order valence-electron chi connectivity index (χ3n) is 1.90. The summed E-state index contributed by atoms with van der Waals surface area (Å²) in [5.74, 6) is 0.0256. The van der Waals surface area contributed by atoms with Gasteiger partial charge in [0.05, 0.1) is 6.04 Å². The van der Waals surface area contributed by atoms with Gasteiger partial charge in [-0.25, -0.2) is 0 Å². The van der Waals surface area contributed by atoms with Crippen LogP contribution in [0.5, 0.6) is 0 Å². The number of hydrogen-bond donors (Lipinski definition) is 2. The van der Waals surface area contributed by atoms with Crippen molar-refractivity contribution in [3.63, 3.8) is 0 Å². The van der Waals surface area contributed by atoms with Crippen molar-refractivity contribution < 1.29 is 14.6 Å². The number of carbonyl (C=O) groups excluding carboxylic acids is 1. The lowest BCUT2D eigenvalue weighted by molar-refractivity contribution is -0.133. The number of hydrogen-bond acceptors (Lipinski definition) is 3. The van der Waals surface area contributed by atoms with Crippen LogP contribution in [0.15, 0.2) is 24.0 Å². The average Bonchev–Trinajstić information content (AvgIpc) is 2.03. The third kappa shape index (κ3) is 1.21. The van der Waals surface area contributed by atoms with Gasteiger partial charge in [-0.3, -0.25) is 4.79 Å². The summed E-state index contributed by atoms with van der Waals surface area (Å²) in [7, 11) is 0. The molecule has 2 N–H and O–H groups in total. The number of nitrogens with one attached hydrogen (secondary N) is 1. The van der Waals surface area contributed by atoms with Crippen LogP contribution in [0, 0.1) is 0 Å². The van der Waals surface area contributed by atoms with Crippen molar-refractivity contribution in [3.05, 3.63) is 24.0 Å². The van der Waals surface area contributed by atoms with Gasteiger partial charge in [-0.05, 0) is 18.2 Å². The van der Waals surface area contributed by atoms with Gasteiger partial charge in [-0.2, -0.15) is 0 Å². The molecule has 2 aliphatic rings. The van der Waals surface area contributed by atoms with Crippen LogP contribution >= 0.6 is 0 Å². The minimum absolute atomic E-state index is 0.0973. The second-order valence-electron chi connectivity index (χ2n) is 2.82. The monoisotopic (exact) mass is 167 g/mol. The van der Waals surface area contributed by atoms with Crippen LogP contribution in [-0.4, -0.2) is 29.8 Å². The number of fused-ring (bicyclic) bond motifs is 1. The van der Waals surface area contributed by atoms with Gasteiger partial charge in [0, 0.05) is 0 Å². The topological polar surface area (TPSA) is 58.6 Å². The molecule has 1 amide bonds. The first-order valence-electron chi connectivity index (χ1n) is 3.76. The fraction of sp³-hybridized carbons (Fsp3) is 0.375. The van der Waals surface area contributed by atoms with Crippen LogP contribution in [0.4, 0.5) is 0 Å². The van der Waals surface area contributed by atoms with Crippen molar-refractivity contribution in [3.8, 4) is 0 Å². The summed E-state index contributed by atoms with van der Waals surface area (Å²) in [4.78, 5) is 10.9. The highest BCUT2D eigenvalue weighted by atomic mass is 16.5. The molecule has 0 saturated carbocycles. The van der Waals surface area contributed by atoms with Crippen molar-refractivity contribution in [2.45, 2.75) is 12.1 Å². The molecule has 0 aromatic rings. The van der Waals surface area contributed by atoms with Gasteiger partial charge >= 0.3 is 0 Å². The van der Waals surface area contributed by atoms with Gasteiger partial charge in [-0.1, -0.05) is 0 Å². The Labute approximate surface area is 69.5 Å². The molecular formula is C8H9NO3. The smallest absolute Gasteiger partial charge is 0.246 e. The zero-order valence-electron chi connectivity index (χ0n) is 6.36. The van der Waals surface area contributed by atoms with Crippen molar-refractivity contribution in [1.82, 2.24) is 5.32 Å². The van der Waals surface area contributed by atoms with E-state index in [1.807, 2.05) is 0 Å². The van der Waals surface area contributed by atoms with E-state index in [0.717, 1.165) is 0 Å². The molecule has 2 unspecified atom stereocenters. The summed E-state index contributed by atoms with van der Waals surface area (Å²) in [5, 5.41) is 11.8. The first kappa shape index (κ1) is 7.36. The number of aliphatic hydroxyl groups is 1. The fourth-order valence-corrected chi connectivity index (χ4v) is 1.33. The summed E-state index contributed by atoms with van der Waals surface area (Å²) in [6.07, 6.45) is 4.75. The van der Waals surface area contributed by atoms with Crippen LogP contribution in [0.2, 0.25) is 0 Å². The summed E-state index contributed by atoms with van der Waals surface area (Å²) in [5.41, 5.74) is 0. The van der Waals surface area contributed by atoms with Crippen molar-refractivity contribution in [2.75, 3.05) is 6.61 Å². The Bertz CT molecular complexity index is 269. The molecule has 1 aliphatic carbocycles.